The van der Waals surface area contributed by atoms with Crippen LogP contribution in [0.2, 0.25) is 0 Å². The van der Waals surface area contributed by atoms with Crippen LogP contribution in [0.25, 0.3) is 38.7 Å². The van der Waals surface area contributed by atoms with E-state index in [4.69, 9.17) is 0 Å². The first kappa shape index (κ1) is 18.7. The van der Waals surface area contributed by atoms with Crippen LogP contribution in [-0.2, 0) is 0 Å². The maximum absolute atomic E-state index is 9.60. The van der Waals surface area contributed by atoms with Gasteiger partial charge in [-0.15, -0.1) is 0 Å². The molecule has 1 aliphatic rings. The van der Waals surface area contributed by atoms with Crippen molar-refractivity contribution in [3.8, 4) is 46.7 Å². The van der Waals surface area contributed by atoms with Gasteiger partial charge in [0.1, 0.15) is 35.5 Å². The average molecular weight is 406 g/mol. The smallest absolute Gasteiger partial charge is 0.177 e. The zero-order chi connectivity index (χ0) is 22.2. The van der Waals surface area contributed by atoms with Crippen molar-refractivity contribution in [1.29, 1.82) is 21.0 Å². The second-order valence-electron chi connectivity index (χ2n) is 7.10. The first-order chi connectivity index (χ1) is 15.7. The van der Waals surface area contributed by atoms with E-state index in [-0.39, 0.29) is 22.7 Å². The summed E-state index contributed by atoms with van der Waals surface area (Å²) >= 11 is 0. The fourth-order valence-electron chi connectivity index (χ4n) is 4.07. The van der Waals surface area contributed by atoms with Gasteiger partial charge in [-0.3, -0.25) is 0 Å². The molecule has 0 unspecified atom stereocenters. The van der Waals surface area contributed by atoms with Crippen LogP contribution in [0.5, 0.6) is 0 Å². The van der Waals surface area contributed by atoms with Crippen molar-refractivity contribution in [3.63, 3.8) is 0 Å². The van der Waals surface area contributed by atoms with Crippen LogP contribution in [0.3, 0.4) is 0 Å². The van der Waals surface area contributed by atoms with Crippen molar-refractivity contribution < 1.29 is 0 Å². The molecule has 0 radical (unpaired) electrons. The van der Waals surface area contributed by atoms with E-state index < -0.39 is 0 Å². The second-order valence-corrected chi connectivity index (χ2v) is 7.10. The fourth-order valence-corrected chi connectivity index (χ4v) is 4.07. The lowest BCUT2D eigenvalue weighted by atomic mass is 9.93. The van der Waals surface area contributed by atoms with Gasteiger partial charge in [-0.05, 0) is 33.5 Å². The molecule has 32 heavy (non-hydrogen) atoms. The SMILES string of the molecule is N#CC(C#N)=C1c2cc(-c3cccc4ccccc34)ccc2-c2nc(C#N)c(C#N)nc21. The normalized spacial score (nSPS) is 10.9. The van der Waals surface area contributed by atoms with E-state index >= 15 is 0 Å². The predicted molar refractivity (Wildman–Crippen MR) is 117 cm³/mol. The highest BCUT2D eigenvalue weighted by Gasteiger charge is 2.31. The van der Waals surface area contributed by atoms with Crippen LogP contribution in [0.1, 0.15) is 22.6 Å². The summed E-state index contributed by atoms with van der Waals surface area (Å²) in [5.74, 6) is 0. The molecule has 0 saturated heterocycles. The number of hydrogen-bond acceptors (Lipinski definition) is 6. The molecule has 144 valence electrons. The van der Waals surface area contributed by atoms with Gasteiger partial charge in [-0.1, -0.05) is 54.6 Å². The first-order valence-corrected chi connectivity index (χ1v) is 9.60. The molecule has 0 N–H and O–H groups in total. The number of nitriles is 4. The molecule has 4 aromatic rings. The summed E-state index contributed by atoms with van der Waals surface area (Å²) in [6, 6.07) is 27.4. The summed E-state index contributed by atoms with van der Waals surface area (Å²) in [5.41, 5.74) is 3.83. The Kier molecular flexibility index (Phi) is 4.20. The minimum absolute atomic E-state index is 0.0907. The van der Waals surface area contributed by atoms with E-state index in [2.05, 4.69) is 9.97 Å². The Hall–Kier alpha value is -5.30. The molecule has 0 spiro atoms. The molecule has 6 nitrogen and oxygen atoms in total. The van der Waals surface area contributed by atoms with E-state index in [0.29, 0.717) is 22.4 Å². The van der Waals surface area contributed by atoms with Gasteiger partial charge >= 0.3 is 0 Å². The van der Waals surface area contributed by atoms with Crippen molar-refractivity contribution in [2.75, 3.05) is 0 Å². The third kappa shape index (κ3) is 2.62. The monoisotopic (exact) mass is 406 g/mol. The Balaban J connectivity index is 1.84. The number of benzene rings is 3. The molecule has 1 heterocycles. The van der Waals surface area contributed by atoms with Gasteiger partial charge in [-0.2, -0.15) is 21.0 Å². The van der Waals surface area contributed by atoms with Gasteiger partial charge in [0.05, 0.1) is 5.69 Å². The Bertz CT molecular complexity index is 1650. The van der Waals surface area contributed by atoms with E-state index in [9.17, 15) is 21.0 Å². The zero-order valence-corrected chi connectivity index (χ0v) is 16.5. The first-order valence-electron chi connectivity index (χ1n) is 9.60. The van der Waals surface area contributed by atoms with Gasteiger partial charge in [0.25, 0.3) is 0 Å². The molecule has 0 saturated carbocycles. The lowest BCUT2D eigenvalue weighted by Gasteiger charge is -2.09. The largest absolute Gasteiger partial charge is 0.232 e. The second kappa shape index (κ2) is 7.19. The molecule has 0 bridgehead atoms. The third-order valence-corrected chi connectivity index (χ3v) is 5.46. The number of allylic oxidation sites excluding steroid dienone is 1. The van der Waals surface area contributed by atoms with E-state index in [1.165, 1.54) is 0 Å². The van der Waals surface area contributed by atoms with E-state index in [1.54, 1.807) is 0 Å². The number of hydrogen-bond donors (Lipinski definition) is 0. The highest BCUT2D eigenvalue weighted by atomic mass is 14.9. The molecule has 0 atom stereocenters. The summed E-state index contributed by atoms with van der Waals surface area (Å²) in [6.07, 6.45) is 0. The topological polar surface area (TPSA) is 121 Å². The quantitative estimate of drug-likeness (QED) is 0.366. The summed E-state index contributed by atoms with van der Waals surface area (Å²) in [5, 5.41) is 40.1. The molecule has 6 heteroatoms. The van der Waals surface area contributed by atoms with Gasteiger partial charge in [0.15, 0.2) is 11.4 Å². The molecular formula is C26H10N6. The minimum Gasteiger partial charge on any atom is -0.232 e. The summed E-state index contributed by atoms with van der Waals surface area (Å²) in [7, 11) is 0. The Morgan fingerprint density at radius 2 is 1.34 bits per heavy atom. The molecule has 0 amide bonds. The fraction of sp³-hybridized carbons (Fsp3) is 0. The molecule has 0 fully saturated rings. The predicted octanol–water partition coefficient (Wildman–Crippen LogP) is 4.87. The van der Waals surface area contributed by atoms with Gasteiger partial charge in [-0.25, -0.2) is 9.97 Å². The van der Waals surface area contributed by atoms with Crippen LogP contribution in [0.15, 0.2) is 66.2 Å². The number of aromatic nitrogens is 2. The van der Waals surface area contributed by atoms with Crippen LogP contribution < -0.4 is 0 Å². The number of fused-ring (bicyclic) bond motifs is 4. The Morgan fingerprint density at radius 1 is 0.656 bits per heavy atom. The van der Waals surface area contributed by atoms with Crippen molar-refractivity contribution >= 4 is 16.3 Å². The molecular weight excluding hydrogens is 396 g/mol. The van der Waals surface area contributed by atoms with Gasteiger partial charge in [0, 0.05) is 11.1 Å². The minimum atomic E-state index is -0.138. The van der Waals surface area contributed by atoms with Crippen molar-refractivity contribution in [1.82, 2.24) is 9.97 Å². The van der Waals surface area contributed by atoms with Crippen LogP contribution >= 0.6 is 0 Å². The summed E-state index contributed by atoms with van der Waals surface area (Å²) in [6.45, 7) is 0. The van der Waals surface area contributed by atoms with Crippen molar-refractivity contribution in [2.24, 2.45) is 0 Å². The maximum Gasteiger partial charge on any atom is 0.177 e. The Labute approximate surface area is 183 Å². The lowest BCUT2D eigenvalue weighted by molar-refractivity contribution is 1.12. The molecule has 1 aromatic heterocycles. The van der Waals surface area contributed by atoms with Crippen molar-refractivity contribution in [2.45, 2.75) is 0 Å². The van der Waals surface area contributed by atoms with Crippen LogP contribution in [-0.4, -0.2) is 9.97 Å². The lowest BCUT2D eigenvalue weighted by Crippen LogP contribution is -2.00. The summed E-state index contributed by atoms with van der Waals surface area (Å²) in [4.78, 5) is 8.64. The third-order valence-electron chi connectivity index (χ3n) is 5.46. The zero-order valence-electron chi connectivity index (χ0n) is 16.5. The molecule has 3 aromatic carbocycles. The molecule has 1 aliphatic carbocycles. The van der Waals surface area contributed by atoms with E-state index in [1.807, 2.05) is 84.9 Å². The molecule has 5 rings (SSSR count). The average Bonchev–Trinajstić information content (AvgIpc) is 3.16. The van der Waals surface area contributed by atoms with E-state index in [0.717, 1.165) is 21.9 Å². The highest BCUT2D eigenvalue weighted by molar-refractivity contribution is 6.04. The van der Waals surface area contributed by atoms with Crippen LogP contribution in [0.4, 0.5) is 0 Å². The van der Waals surface area contributed by atoms with Gasteiger partial charge in [0.2, 0.25) is 0 Å². The van der Waals surface area contributed by atoms with Gasteiger partial charge < -0.3 is 0 Å². The Morgan fingerprint density at radius 3 is 2.06 bits per heavy atom. The van der Waals surface area contributed by atoms with Crippen LogP contribution in [0, 0.1) is 45.3 Å². The molecule has 0 aliphatic heterocycles. The number of rotatable bonds is 1. The maximum atomic E-state index is 9.60. The number of nitrogens with zero attached hydrogens (tertiary/aromatic N) is 6. The standard InChI is InChI=1S/C26H10N6/c27-11-17(12-28)24-21-10-16(19-7-3-5-15-4-1-2-6-18(15)19)8-9-20(21)25-26(24)32-23(14-30)22(13-29)31-25/h1-10H. The van der Waals surface area contributed by atoms with Crippen molar-refractivity contribution in [3.05, 3.63) is 88.9 Å². The summed E-state index contributed by atoms with van der Waals surface area (Å²) < 4.78 is 0. The highest BCUT2D eigenvalue weighted by Crippen LogP contribution is 2.45.